The lowest BCUT2D eigenvalue weighted by Crippen LogP contribution is -2.32. The van der Waals surface area contributed by atoms with Crippen LogP contribution in [-0.4, -0.2) is 22.1 Å². The quantitative estimate of drug-likeness (QED) is 0.746. The Morgan fingerprint density at radius 2 is 2.26 bits per heavy atom. The molecule has 0 radical (unpaired) electrons. The van der Waals surface area contributed by atoms with Gasteiger partial charge in [-0.1, -0.05) is 19.4 Å². The molecule has 1 atom stereocenters. The standard InChI is InChI=1S/C15H20N2O2/c1-2-3-4-10-5-6-14-12(7-10)11(9-17-14)8-13(16)15(18)19/h5-7,9,13,17H,2-4,8,16H2,1H3,(H,18,19). The normalized spacial score (nSPS) is 12.7. The fraction of sp³-hybridized carbons (Fsp3) is 0.400. The topological polar surface area (TPSA) is 79.1 Å². The fourth-order valence-electron chi connectivity index (χ4n) is 2.26. The van der Waals surface area contributed by atoms with Gasteiger partial charge >= 0.3 is 5.97 Å². The average Bonchev–Trinajstić information content (AvgIpc) is 2.79. The number of fused-ring (bicyclic) bond motifs is 1. The molecule has 1 unspecified atom stereocenters. The molecule has 19 heavy (non-hydrogen) atoms. The zero-order valence-corrected chi connectivity index (χ0v) is 11.1. The smallest absolute Gasteiger partial charge is 0.320 e. The van der Waals surface area contributed by atoms with Crippen molar-refractivity contribution in [3.63, 3.8) is 0 Å². The summed E-state index contributed by atoms with van der Waals surface area (Å²) >= 11 is 0. The van der Waals surface area contributed by atoms with Crippen molar-refractivity contribution in [1.29, 1.82) is 0 Å². The van der Waals surface area contributed by atoms with Crippen molar-refractivity contribution in [3.05, 3.63) is 35.5 Å². The molecule has 0 aliphatic rings. The highest BCUT2D eigenvalue weighted by molar-refractivity contribution is 5.85. The van der Waals surface area contributed by atoms with E-state index in [-0.39, 0.29) is 0 Å². The highest BCUT2D eigenvalue weighted by Crippen LogP contribution is 2.22. The Labute approximate surface area is 112 Å². The summed E-state index contributed by atoms with van der Waals surface area (Å²) in [7, 11) is 0. The van der Waals surface area contributed by atoms with Crippen LogP contribution in [0, 0.1) is 0 Å². The number of aryl methyl sites for hydroxylation is 1. The van der Waals surface area contributed by atoms with Gasteiger partial charge in [0.05, 0.1) is 0 Å². The molecule has 0 aliphatic carbocycles. The molecule has 0 aliphatic heterocycles. The Hall–Kier alpha value is -1.81. The van der Waals surface area contributed by atoms with Crippen molar-refractivity contribution < 1.29 is 9.90 Å². The van der Waals surface area contributed by atoms with Gasteiger partial charge in [-0.05, 0) is 36.1 Å². The molecule has 1 aromatic carbocycles. The minimum absolute atomic E-state index is 0.354. The maximum absolute atomic E-state index is 10.8. The van der Waals surface area contributed by atoms with E-state index in [0.29, 0.717) is 6.42 Å². The van der Waals surface area contributed by atoms with Gasteiger partial charge in [-0.15, -0.1) is 0 Å². The molecule has 4 heteroatoms. The molecule has 4 N–H and O–H groups in total. The van der Waals surface area contributed by atoms with Crippen LogP contribution in [0.4, 0.5) is 0 Å². The number of nitrogens with two attached hydrogens (primary N) is 1. The molecule has 0 fully saturated rings. The van der Waals surface area contributed by atoms with Crippen LogP contribution in [0.3, 0.4) is 0 Å². The summed E-state index contributed by atoms with van der Waals surface area (Å²) in [5, 5.41) is 9.98. The third-order valence-corrected chi connectivity index (χ3v) is 3.41. The van der Waals surface area contributed by atoms with Gasteiger partial charge in [-0.25, -0.2) is 0 Å². The van der Waals surface area contributed by atoms with E-state index in [1.54, 1.807) is 0 Å². The average molecular weight is 260 g/mol. The maximum Gasteiger partial charge on any atom is 0.320 e. The van der Waals surface area contributed by atoms with E-state index in [0.717, 1.165) is 22.9 Å². The van der Waals surface area contributed by atoms with Crippen LogP contribution in [-0.2, 0) is 17.6 Å². The molecule has 0 spiro atoms. The number of nitrogens with one attached hydrogen (secondary N) is 1. The summed E-state index contributed by atoms with van der Waals surface area (Å²) < 4.78 is 0. The lowest BCUT2D eigenvalue weighted by atomic mass is 10.0. The van der Waals surface area contributed by atoms with Crippen LogP contribution in [0.1, 0.15) is 30.9 Å². The van der Waals surface area contributed by atoms with Gasteiger partial charge in [0.25, 0.3) is 0 Å². The number of carbonyl (C=O) groups is 1. The van der Waals surface area contributed by atoms with Gasteiger partial charge in [0.2, 0.25) is 0 Å². The lowest BCUT2D eigenvalue weighted by molar-refractivity contribution is -0.138. The molecule has 2 rings (SSSR count). The SMILES string of the molecule is CCCCc1ccc2[nH]cc(CC(N)C(=O)O)c2c1. The van der Waals surface area contributed by atoms with Crippen molar-refractivity contribution >= 4 is 16.9 Å². The predicted molar refractivity (Wildman–Crippen MR) is 76.2 cm³/mol. The van der Waals surface area contributed by atoms with Crippen LogP contribution in [0.2, 0.25) is 0 Å². The number of carboxylic acid groups (broad SMARTS) is 1. The van der Waals surface area contributed by atoms with Gasteiger partial charge in [0.1, 0.15) is 6.04 Å². The number of carboxylic acids is 1. The van der Waals surface area contributed by atoms with Crippen LogP contribution in [0.15, 0.2) is 24.4 Å². The molecule has 0 bridgehead atoms. The molecule has 102 valence electrons. The Balaban J connectivity index is 2.26. The molecule has 1 aromatic heterocycles. The number of rotatable bonds is 6. The van der Waals surface area contributed by atoms with Crippen molar-refractivity contribution in [2.24, 2.45) is 5.73 Å². The minimum atomic E-state index is -0.962. The van der Waals surface area contributed by atoms with Crippen molar-refractivity contribution in [1.82, 2.24) is 4.98 Å². The van der Waals surface area contributed by atoms with Crippen LogP contribution < -0.4 is 5.73 Å². The largest absolute Gasteiger partial charge is 0.480 e. The van der Waals surface area contributed by atoms with Crippen LogP contribution >= 0.6 is 0 Å². The van der Waals surface area contributed by atoms with E-state index in [9.17, 15) is 4.79 Å². The summed E-state index contributed by atoms with van der Waals surface area (Å²) in [6.45, 7) is 2.17. The van der Waals surface area contributed by atoms with E-state index in [4.69, 9.17) is 10.8 Å². The van der Waals surface area contributed by atoms with Crippen LogP contribution in [0.5, 0.6) is 0 Å². The molecule has 0 saturated heterocycles. The predicted octanol–water partition coefficient (Wildman–Crippen LogP) is 2.46. The van der Waals surface area contributed by atoms with Gasteiger partial charge in [-0.2, -0.15) is 0 Å². The number of aromatic nitrogens is 1. The van der Waals surface area contributed by atoms with E-state index in [2.05, 4.69) is 30.1 Å². The molecule has 1 heterocycles. The van der Waals surface area contributed by atoms with Crippen molar-refractivity contribution in [2.75, 3.05) is 0 Å². The number of aromatic amines is 1. The molecule has 0 amide bonds. The van der Waals surface area contributed by atoms with Crippen LogP contribution in [0.25, 0.3) is 10.9 Å². The first-order valence-electron chi connectivity index (χ1n) is 6.69. The number of aliphatic carboxylic acids is 1. The van der Waals surface area contributed by atoms with E-state index < -0.39 is 12.0 Å². The summed E-state index contributed by atoms with van der Waals surface area (Å²) in [6.07, 6.45) is 5.60. The van der Waals surface area contributed by atoms with E-state index in [1.807, 2.05) is 6.20 Å². The Bertz CT molecular complexity index is 575. The van der Waals surface area contributed by atoms with Gasteiger partial charge in [-0.3, -0.25) is 4.79 Å². The van der Waals surface area contributed by atoms with E-state index in [1.165, 1.54) is 18.4 Å². The Kier molecular flexibility index (Phi) is 4.22. The fourth-order valence-corrected chi connectivity index (χ4v) is 2.26. The highest BCUT2D eigenvalue weighted by atomic mass is 16.4. The first-order valence-corrected chi connectivity index (χ1v) is 6.69. The monoisotopic (exact) mass is 260 g/mol. The second kappa shape index (κ2) is 5.89. The molecular formula is C15H20N2O2. The number of hydrogen-bond donors (Lipinski definition) is 3. The summed E-state index contributed by atoms with van der Waals surface area (Å²) in [4.78, 5) is 14.0. The number of hydrogen-bond acceptors (Lipinski definition) is 2. The Morgan fingerprint density at radius 1 is 1.47 bits per heavy atom. The molecule has 2 aromatic rings. The molecule has 0 saturated carbocycles. The third kappa shape index (κ3) is 3.15. The molecule has 4 nitrogen and oxygen atoms in total. The lowest BCUT2D eigenvalue weighted by Gasteiger charge is -2.06. The second-order valence-electron chi connectivity index (χ2n) is 4.95. The minimum Gasteiger partial charge on any atom is -0.480 e. The Morgan fingerprint density at radius 3 is 2.95 bits per heavy atom. The third-order valence-electron chi connectivity index (χ3n) is 3.41. The number of benzene rings is 1. The first-order chi connectivity index (χ1) is 9.11. The maximum atomic E-state index is 10.8. The highest BCUT2D eigenvalue weighted by Gasteiger charge is 2.14. The van der Waals surface area contributed by atoms with Gasteiger partial charge in [0, 0.05) is 23.5 Å². The van der Waals surface area contributed by atoms with Gasteiger partial charge in [0.15, 0.2) is 0 Å². The number of H-pyrrole nitrogens is 1. The molecular weight excluding hydrogens is 240 g/mol. The summed E-state index contributed by atoms with van der Waals surface area (Å²) in [6, 6.07) is 5.47. The van der Waals surface area contributed by atoms with E-state index >= 15 is 0 Å². The zero-order chi connectivity index (χ0) is 13.8. The second-order valence-corrected chi connectivity index (χ2v) is 4.95. The number of unbranched alkanes of at least 4 members (excludes halogenated alkanes) is 1. The summed E-state index contributed by atoms with van der Waals surface area (Å²) in [5.74, 6) is -0.962. The summed E-state index contributed by atoms with van der Waals surface area (Å²) in [5.41, 5.74) is 8.90. The zero-order valence-electron chi connectivity index (χ0n) is 11.1. The van der Waals surface area contributed by atoms with Crippen molar-refractivity contribution in [2.45, 2.75) is 38.6 Å². The van der Waals surface area contributed by atoms with Crippen molar-refractivity contribution in [3.8, 4) is 0 Å². The van der Waals surface area contributed by atoms with Gasteiger partial charge < -0.3 is 15.8 Å². The first kappa shape index (κ1) is 13.6.